The molecule has 2 fully saturated rings. The fourth-order valence-electron chi connectivity index (χ4n) is 3.63. The van der Waals surface area contributed by atoms with Crippen molar-refractivity contribution in [1.82, 2.24) is 4.90 Å². The summed E-state index contributed by atoms with van der Waals surface area (Å²) in [7, 11) is 0. The van der Waals surface area contributed by atoms with Gasteiger partial charge in [0.05, 0.1) is 5.92 Å². The highest BCUT2D eigenvalue weighted by molar-refractivity contribution is 5.84. The maximum absolute atomic E-state index is 12.7. The van der Waals surface area contributed by atoms with Gasteiger partial charge in [0, 0.05) is 18.0 Å². The van der Waals surface area contributed by atoms with Gasteiger partial charge in [-0.3, -0.25) is 9.59 Å². The molecule has 1 N–H and O–H groups in total. The summed E-state index contributed by atoms with van der Waals surface area (Å²) >= 11 is 0. The van der Waals surface area contributed by atoms with Gasteiger partial charge in [0.15, 0.2) is 0 Å². The molecule has 2 rings (SSSR count). The van der Waals surface area contributed by atoms with Gasteiger partial charge in [-0.05, 0) is 32.6 Å². The number of nitrogens with zero attached hydrogens (tertiary/aromatic N) is 1. The highest BCUT2D eigenvalue weighted by Crippen LogP contribution is 2.44. The van der Waals surface area contributed by atoms with Crippen LogP contribution in [0.15, 0.2) is 0 Å². The predicted molar refractivity (Wildman–Crippen MR) is 68.1 cm³/mol. The maximum Gasteiger partial charge on any atom is 0.308 e. The van der Waals surface area contributed by atoms with Gasteiger partial charge in [-0.2, -0.15) is 0 Å². The molecule has 1 heterocycles. The van der Waals surface area contributed by atoms with E-state index in [1.165, 1.54) is 0 Å². The van der Waals surface area contributed by atoms with Crippen LogP contribution in [-0.2, 0) is 9.59 Å². The Morgan fingerprint density at radius 2 is 1.94 bits per heavy atom. The lowest BCUT2D eigenvalue weighted by molar-refractivity contribution is -0.146. The molecule has 18 heavy (non-hydrogen) atoms. The number of hydrogen-bond acceptors (Lipinski definition) is 2. The van der Waals surface area contributed by atoms with Crippen molar-refractivity contribution in [2.24, 2.45) is 11.3 Å². The normalized spacial score (nSPS) is 30.7. The largest absolute Gasteiger partial charge is 0.481 e. The minimum absolute atomic E-state index is 0.154. The Kier molecular flexibility index (Phi) is 3.64. The predicted octanol–water partition coefficient (Wildman–Crippen LogP) is 2.28. The molecule has 0 aromatic carbocycles. The number of rotatable bonds is 3. The molecule has 0 radical (unpaired) electrons. The van der Waals surface area contributed by atoms with Crippen molar-refractivity contribution in [3.05, 3.63) is 0 Å². The van der Waals surface area contributed by atoms with Crippen LogP contribution < -0.4 is 0 Å². The standard InChI is InChI=1S/C14H23NO3/c1-3-14(7-4-5-8-14)13(18)15-9-6-11(10(15)2)12(16)17/h10-11H,3-9H2,1-2H3,(H,16,17). The van der Waals surface area contributed by atoms with Gasteiger partial charge < -0.3 is 10.0 Å². The van der Waals surface area contributed by atoms with Crippen LogP contribution in [0.1, 0.15) is 52.4 Å². The van der Waals surface area contributed by atoms with E-state index in [4.69, 9.17) is 5.11 Å². The molecule has 4 heteroatoms. The lowest BCUT2D eigenvalue weighted by Crippen LogP contribution is -2.45. The van der Waals surface area contributed by atoms with Crippen LogP contribution >= 0.6 is 0 Å². The average molecular weight is 253 g/mol. The van der Waals surface area contributed by atoms with Crippen LogP contribution in [0, 0.1) is 11.3 Å². The summed E-state index contributed by atoms with van der Waals surface area (Å²) < 4.78 is 0. The first-order valence-electron chi connectivity index (χ1n) is 7.06. The third-order valence-electron chi connectivity index (χ3n) is 5.02. The summed E-state index contributed by atoms with van der Waals surface area (Å²) in [5, 5.41) is 9.13. The number of likely N-dealkylation sites (tertiary alicyclic amines) is 1. The van der Waals surface area contributed by atoms with E-state index >= 15 is 0 Å². The Morgan fingerprint density at radius 3 is 2.39 bits per heavy atom. The summed E-state index contributed by atoms with van der Waals surface area (Å²) in [5.74, 6) is -0.947. The van der Waals surface area contributed by atoms with Gasteiger partial charge in [0.25, 0.3) is 0 Å². The third-order valence-corrected chi connectivity index (χ3v) is 5.02. The fourth-order valence-corrected chi connectivity index (χ4v) is 3.63. The van der Waals surface area contributed by atoms with Gasteiger partial charge >= 0.3 is 5.97 Å². The van der Waals surface area contributed by atoms with Crippen LogP contribution in [0.5, 0.6) is 0 Å². The zero-order valence-corrected chi connectivity index (χ0v) is 11.3. The van der Waals surface area contributed by atoms with E-state index in [1.54, 1.807) is 0 Å². The zero-order chi connectivity index (χ0) is 13.3. The van der Waals surface area contributed by atoms with E-state index in [1.807, 2.05) is 11.8 Å². The van der Waals surface area contributed by atoms with Crippen molar-refractivity contribution in [2.45, 2.75) is 58.4 Å². The Labute approximate surface area is 108 Å². The van der Waals surface area contributed by atoms with Crippen LogP contribution in [0.2, 0.25) is 0 Å². The molecule has 2 aliphatic rings. The van der Waals surface area contributed by atoms with Crippen molar-refractivity contribution in [2.75, 3.05) is 6.54 Å². The topological polar surface area (TPSA) is 57.6 Å². The van der Waals surface area contributed by atoms with Crippen LogP contribution in [-0.4, -0.2) is 34.5 Å². The summed E-state index contributed by atoms with van der Waals surface area (Å²) in [6.45, 7) is 4.57. The molecule has 2 unspecified atom stereocenters. The van der Waals surface area contributed by atoms with Crippen LogP contribution in [0.4, 0.5) is 0 Å². The SMILES string of the molecule is CCC1(C(=O)N2CCC(C(=O)O)C2C)CCCC1. The number of amides is 1. The summed E-state index contributed by atoms with van der Waals surface area (Å²) in [5.41, 5.74) is -0.193. The fraction of sp³-hybridized carbons (Fsp3) is 0.857. The summed E-state index contributed by atoms with van der Waals surface area (Å²) in [6, 6.07) is -0.154. The molecular weight excluding hydrogens is 230 g/mol. The van der Waals surface area contributed by atoms with E-state index in [2.05, 4.69) is 6.92 Å². The second-order valence-electron chi connectivity index (χ2n) is 5.81. The van der Waals surface area contributed by atoms with E-state index < -0.39 is 5.97 Å². The lowest BCUT2D eigenvalue weighted by Gasteiger charge is -2.34. The highest BCUT2D eigenvalue weighted by Gasteiger charge is 2.47. The van der Waals surface area contributed by atoms with Crippen molar-refractivity contribution in [3.8, 4) is 0 Å². The number of aliphatic carboxylic acids is 1. The zero-order valence-electron chi connectivity index (χ0n) is 11.3. The Balaban J connectivity index is 2.12. The van der Waals surface area contributed by atoms with E-state index in [0.29, 0.717) is 13.0 Å². The Morgan fingerprint density at radius 1 is 1.33 bits per heavy atom. The van der Waals surface area contributed by atoms with Gasteiger partial charge in [-0.15, -0.1) is 0 Å². The van der Waals surface area contributed by atoms with Crippen LogP contribution in [0.3, 0.4) is 0 Å². The molecule has 1 aliphatic heterocycles. The lowest BCUT2D eigenvalue weighted by atomic mass is 9.81. The molecule has 4 nitrogen and oxygen atoms in total. The second kappa shape index (κ2) is 4.90. The molecule has 102 valence electrons. The van der Waals surface area contributed by atoms with E-state index in [-0.39, 0.29) is 23.3 Å². The average Bonchev–Trinajstić information content (AvgIpc) is 2.95. The highest BCUT2D eigenvalue weighted by atomic mass is 16.4. The minimum Gasteiger partial charge on any atom is -0.481 e. The number of carboxylic acid groups (broad SMARTS) is 1. The second-order valence-corrected chi connectivity index (χ2v) is 5.81. The first-order chi connectivity index (χ1) is 8.52. The molecule has 2 atom stereocenters. The molecule has 0 spiro atoms. The monoisotopic (exact) mass is 253 g/mol. The molecule has 0 aromatic rings. The molecule has 1 amide bonds. The molecule has 1 saturated carbocycles. The molecule has 1 aliphatic carbocycles. The van der Waals surface area contributed by atoms with Gasteiger partial charge in [-0.1, -0.05) is 19.8 Å². The Hall–Kier alpha value is -1.06. The third kappa shape index (κ3) is 2.02. The van der Waals surface area contributed by atoms with E-state index in [0.717, 1.165) is 32.1 Å². The minimum atomic E-state index is -0.769. The first kappa shape index (κ1) is 13.4. The molecular formula is C14H23NO3. The van der Waals surface area contributed by atoms with Gasteiger partial charge in [0.1, 0.15) is 0 Å². The molecule has 0 aromatic heterocycles. The van der Waals surface area contributed by atoms with Gasteiger partial charge in [0.2, 0.25) is 5.91 Å². The van der Waals surface area contributed by atoms with Crippen molar-refractivity contribution in [3.63, 3.8) is 0 Å². The first-order valence-corrected chi connectivity index (χ1v) is 7.06. The van der Waals surface area contributed by atoms with Crippen molar-refractivity contribution < 1.29 is 14.7 Å². The number of carbonyl (C=O) groups excluding carboxylic acids is 1. The van der Waals surface area contributed by atoms with Crippen molar-refractivity contribution in [1.29, 1.82) is 0 Å². The van der Waals surface area contributed by atoms with Gasteiger partial charge in [-0.25, -0.2) is 0 Å². The Bertz CT molecular complexity index is 347. The molecule has 1 saturated heterocycles. The number of hydrogen-bond donors (Lipinski definition) is 1. The summed E-state index contributed by atoms with van der Waals surface area (Å²) in [4.78, 5) is 25.7. The smallest absolute Gasteiger partial charge is 0.308 e. The van der Waals surface area contributed by atoms with Crippen LogP contribution in [0.25, 0.3) is 0 Å². The maximum atomic E-state index is 12.7. The van der Waals surface area contributed by atoms with E-state index in [9.17, 15) is 9.59 Å². The number of carbonyl (C=O) groups is 2. The quantitative estimate of drug-likeness (QED) is 0.839. The molecule has 0 bridgehead atoms. The number of carboxylic acids is 1. The summed E-state index contributed by atoms with van der Waals surface area (Å²) in [6.07, 6.45) is 5.69. The van der Waals surface area contributed by atoms with Crippen molar-refractivity contribution >= 4 is 11.9 Å².